The lowest BCUT2D eigenvalue weighted by atomic mass is 9.84. The number of ether oxygens (including phenoxy) is 2. The van der Waals surface area contributed by atoms with E-state index in [1.165, 1.54) is 22.3 Å². The molecule has 0 spiro atoms. The molecule has 0 bridgehead atoms. The van der Waals surface area contributed by atoms with Gasteiger partial charge in [-0.25, -0.2) is 0 Å². The van der Waals surface area contributed by atoms with E-state index in [-0.39, 0.29) is 5.78 Å². The fourth-order valence-corrected chi connectivity index (χ4v) is 3.37. The molecule has 5 nitrogen and oxygen atoms in total. The van der Waals surface area contributed by atoms with Crippen molar-refractivity contribution in [2.24, 2.45) is 5.92 Å². The fraction of sp³-hybridized carbons (Fsp3) is 0.474. The smallest absolute Gasteiger partial charge is 0.317 e. The molecule has 2 aliphatic rings. The molecule has 3 rings (SSSR count). The van der Waals surface area contributed by atoms with Crippen molar-refractivity contribution in [2.75, 3.05) is 33.4 Å². The van der Waals surface area contributed by atoms with Crippen LogP contribution in [0.4, 0.5) is 0 Å². The van der Waals surface area contributed by atoms with Gasteiger partial charge < -0.3 is 9.47 Å². The first-order valence-electron chi connectivity index (χ1n) is 8.34. The number of fused-ring (bicyclic) bond motifs is 1. The van der Waals surface area contributed by atoms with E-state index in [4.69, 9.17) is 9.47 Å². The van der Waals surface area contributed by atoms with E-state index in [1.54, 1.807) is 14.0 Å². The summed E-state index contributed by atoms with van der Waals surface area (Å²) in [5, 5.41) is 0. The summed E-state index contributed by atoms with van der Waals surface area (Å²) >= 11 is 0. The van der Waals surface area contributed by atoms with Crippen molar-refractivity contribution < 1.29 is 19.1 Å². The average Bonchev–Trinajstić information content (AvgIpc) is 2.55. The third-order valence-corrected chi connectivity index (χ3v) is 4.73. The number of ketones is 1. The molecular formula is C19H23NO4. The van der Waals surface area contributed by atoms with Gasteiger partial charge in [-0.05, 0) is 54.3 Å². The first kappa shape index (κ1) is 16.7. The van der Waals surface area contributed by atoms with Gasteiger partial charge in [0.25, 0.3) is 0 Å². The molecule has 128 valence electrons. The Labute approximate surface area is 142 Å². The molecule has 0 radical (unpaired) electrons. The largest absolute Gasteiger partial charge is 0.497 e. The maximum atomic E-state index is 12.0. The summed E-state index contributed by atoms with van der Waals surface area (Å²) in [6.07, 6.45) is 2.58. The zero-order valence-electron chi connectivity index (χ0n) is 14.4. The Balaban J connectivity index is 1.68. The number of esters is 1. The van der Waals surface area contributed by atoms with Gasteiger partial charge in [-0.3, -0.25) is 14.5 Å². The molecule has 1 aliphatic heterocycles. The maximum absolute atomic E-state index is 12.0. The molecule has 0 amide bonds. The number of likely N-dealkylation sites (tertiary alicyclic amines) is 1. The molecule has 5 heteroatoms. The minimum atomic E-state index is -0.647. The van der Waals surface area contributed by atoms with Gasteiger partial charge in [0.15, 0.2) is 0 Å². The number of benzene rings is 1. The number of carbonyl (C=O) groups is 2. The first-order valence-corrected chi connectivity index (χ1v) is 8.34. The number of hydrogen-bond donors (Lipinski definition) is 0. The minimum Gasteiger partial charge on any atom is -0.497 e. The van der Waals surface area contributed by atoms with E-state index in [2.05, 4.69) is 24.0 Å². The van der Waals surface area contributed by atoms with Crippen molar-refractivity contribution in [1.29, 1.82) is 0 Å². The summed E-state index contributed by atoms with van der Waals surface area (Å²) < 4.78 is 10.4. The molecule has 1 atom stereocenters. The highest BCUT2D eigenvalue weighted by Gasteiger charge is 2.34. The minimum absolute atomic E-state index is 0.00907. The summed E-state index contributed by atoms with van der Waals surface area (Å²) in [6, 6.07) is 4.08. The topological polar surface area (TPSA) is 55.8 Å². The Bertz CT molecular complexity index is 708. The van der Waals surface area contributed by atoms with Crippen LogP contribution in [0.2, 0.25) is 0 Å². The average molecular weight is 329 g/mol. The third kappa shape index (κ3) is 3.08. The summed E-state index contributed by atoms with van der Waals surface area (Å²) in [5.74, 6) is -0.195. The van der Waals surface area contributed by atoms with E-state index in [0.717, 1.165) is 12.3 Å². The number of nitrogens with zero attached hydrogens (tertiary/aromatic N) is 1. The fourth-order valence-electron chi connectivity index (χ4n) is 3.37. The number of aryl methyl sites for hydroxylation is 1. The molecule has 1 fully saturated rings. The molecule has 24 heavy (non-hydrogen) atoms. The summed E-state index contributed by atoms with van der Waals surface area (Å²) in [6.45, 7) is 6.00. The third-order valence-electron chi connectivity index (χ3n) is 4.73. The number of Topliss-reactive ketones (excluding diaryl/α,β-unsaturated/α-hetero) is 1. The lowest BCUT2D eigenvalue weighted by Crippen LogP contribution is -2.45. The number of methoxy groups -OCH3 is 1. The van der Waals surface area contributed by atoms with Crippen LogP contribution < -0.4 is 4.74 Å². The number of rotatable bonds is 5. The van der Waals surface area contributed by atoms with Crippen LogP contribution >= 0.6 is 0 Å². The number of carbonyl (C=O) groups excluding carboxylic acids is 2. The molecule has 0 N–H and O–H groups in total. The molecule has 0 aromatic heterocycles. The van der Waals surface area contributed by atoms with Gasteiger partial charge in [0.2, 0.25) is 0 Å². The Kier molecular flexibility index (Phi) is 4.71. The molecule has 1 aromatic carbocycles. The quantitative estimate of drug-likeness (QED) is 0.613. The van der Waals surface area contributed by atoms with E-state index < -0.39 is 11.9 Å². The van der Waals surface area contributed by atoms with Gasteiger partial charge >= 0.3 is 5.97 Å². The van der Waals surface area contributed by atoms with Crippen molar-refractivity contribution in [3.05, 3.63) is 28.8 Å². The van der Waals surface area contributed by atoms with Crippen molar-refractivity contribution in [3.63, 3.8) is 0 Å². The van der Waals surface area contributed by atoms with Crippen LogP contribution in [0.3, 0.4) is 0 Å². The van der Waals surface area contributed by atoms with E-state index >= 15 is 0 Å². The van der Waals surface area contributed by atoms with Crippen LogP contribution in [-0.2, 0) is 14.3 Å². The van der Waals surface area contributed by atoms with Gasteiger partial charge in [-0.2, -0.15) is 0 Å². The van der Waals surface area contributed by atoms with Crippen LogP contribution in [0.25, 0.3) is 11.6 Å². The standard InChI is InChI=1S/C19H23NO4/c1-4-24-19(22)17-11-20(6-5-18(17)21)10-13-8-15-12(2)7-14(23-3)9-16(13)15/h7-9,17H,4-6,10-11H2,1-3H3. The highest BCUT2D eigenvalue weighted by Crippen LogP contribution is 2.38. The second kappa shape index (κ2) is 6.77. The monoisotopic (exact) mass is 329 g/mol. The van der Waals surface area contributed by atoms with Crippen molar-refractivity contribution in [3.8, 4) is 5.75 Å². The first-order chi connectivity index (χ1) is 11.5. The van der Waals surface area contributed by atoms with Crippen LogP contribution in [0.15, 0.2) is 12.1 Å². The molecule has 1 saturated heterocycles. The van der Waals surface area contributed by atoms with Crippen LogP contribution in [-0.4, -0.2) is 50.0 Å². The Hall–Kier alpha value is -2.14. The van der Waals surface area contributed by atoms with Crippen molar-refractivity contribution in [2.45, 2.75) is 20.3 Å². The molecule has 1 aromatic rings. The second-order valence-corrected chi connectivity index (χ2v) is 6.33. The number of piperidine rings is 1. The Morgan fingerprint density at radius 1 is 1.38 bits per heavy atom. The highest BCUT2D eigenvalue weighted by atomic mass is 16.5. The Morgan fingerprint density at radius 2 is 2.17 bits per heavy atom. The predicted molar refractivity (Wildman–Crippen MR) is 91.8 cm³/mol. The van der Waals surface area contributed by atoms with Crippen LogP contribution in [0.1, 0.15) is 30.0 Å². The molecular weight excluding hydrogens is 306 g/mol. The number of hydrogen-bond acceptors (Lipinski definition) is 5. The van der Waals surface area contributed by atoms with Gasteiger partial charge in [-0.1, -0.05) is 0 Å². The summed E-state index contributed by atoms with van der Waals surface area (Å²) in [5.41, 5.74) is 4.88. The molecule has 1 unspecified atom stereocenters. The van der Waals surface area contributed by atoms with Gasteiger partial charge in [0.1, 0.15) is 17.5 Å². The van der Waals surface area contributed by atoms with Gasteiger partial charge in [0, 0.05) is 26.1 Å². The molecule has 0 saturated carbocycles. The van der Waals surface area contributed by atoms with Gasteiger partial charge in [0.05, 0.1) is 13.7 Å². The SMILES string of the molecule is CCOC(=O)C1CN(CC2=Cc3c(C)cc(OC)cc32)CCC1=O. The molecule has 1 heterocycles. The predicted octanol–water partition coefficient (Wildman–Crippen LogP) is 2.31. The van der Waals surface area contributed by atoms with Crippen LogP contribution in [0.5, 0.6) is 5.75 Å². The maximum Gasteiger partial charge on any atom is 0.317 e. The zero-order valence-corrected chi connectivity index (χ0v) is 14.4. The van der Waals surface area contributed by atoms with E-state index in [9.17, 15) is 9.59 Å². The van der Waals surface area contributed by atoms with Crippen molar-refractivity contribution >= 4 is 23.4 Å². The summed E-state index contributed by atoms with van der Waals surface area (Å²) in [4.78, 5) is 26.1. The molecule has 1 aliphatic carbocycles. The van der Waals surface area contributed by atoms with Crippen LogP contribution in [0, 0.1) is 12.8 Å². The Morgan fingerprint density at radius 3 is 2.88 bits per heavy atom. The van der Waals surface area contributed by atoms with E-state index in [0.29, 0.717) is 26.1 Å². The second-order valence-electron chi connectivity index (χ2n) is 6.33. The highest BCUT2D eigenvalue weighted by molar-refractivity contribution is 6.00. The summed E-state index contributed by atoms with van der Waals surface area (Å²) in [7, 11) is 1.67. The normalized spacial score (nSPS) is 20.0. The zero-order chi connectivity index (χ0) is 17.3. The van der Waals surface area contributed by atoms with Crippen molar-refractivity contribution in [1.82, 2.24) is 4.90 Å². The van der Waals surface area contributed by atoms with Gasteiger partial charge in [-0.15, -0.1) is 0 Å². The lowest BCUT2D eigenvalue weighted by molar-refractivity contribution is -0.153. The lowest BCUT2D eigenvalue weighted by Gasteiger charge is -2.33. The van der Waals surface area contributed by atoms with E-state index in [1.807, 2.05) is 6.07 Å².